The molecule has 2 aromatic rings. The molecule has 1 aromatic heterocycles. The first kappa shape index (κ1) is 14.3. The number of nitrogens with one attached hydrogen (secondary N) is 1. The molecule has 1 N–H and O–H groups in total. The standard InChI is InChI=1S/C16H20N2O2/c1-12-8-15(16(20-3)10-17-12)18-9-13-6-4-5-7-14(13)11-19-2/h4-8,10H,9,11H2,1-3H3,(H,17,18). The Balaban J connectivity index is 2.14. The lowest BCUT2D eigenvalue weighted by atomic mass is 10.1. The van der Waals surface area contributed by atoms with E-state index in [0.717, 1.165) is 23.7 Å². The molecule has 106 valence electrons. The second kappa shape index (κ2) is 6.91. The second-order valence-corrected chi connectivity index (χ2v) is 4.58. The molecule has 0 unspecified atom stereocenters. The minimum Gasteiger partial charge on any atom is -0.493 e. The lowest BCUT2D eigenvalue weighted by Crippen LogP contribution is -2.05. The monoisotopic (exact) mass is 272 g/mol. The van der Waals surface area contributed by atoms with Crippen LogP contribution in [-0.4, -0.2) is 19.2 Å². The number of rotatable bonds is 6. The lowest BCUT2D eigenvalue weighted by molar-refractivity contribution is 0.184. The molecule has 1 heterocycles. The van der Waals surface area contributed by atoms with Crippen LogP contribution in [0.2, 0.25) is 0 Å². The summed E-state index contributed by atoms with van der Waals surface area (Å²) in [6.45, 7) is 3.30. The Bertz CT molecular complexity index is 570. The van der Waals surface area contributed by atoms with Gasteiger partial charge in [-0.15, -0.1) is 0 Å². The van der Waals surface area contributed by atoms with E-state index in [1.807, 2.05) is 25.1 Å². The van der Waals surface area contributed by atoms with Gasteiger partial charge in [0.2, 0.25) is 0 Å². The van der Waals surface area contributed by atoms with Crippen LogP contribution in [0.4, 0.5) is 5.69 Å². The van der Waals surface area contributed by atoms with Gasteiger partial charge in [-0.2, -0.15) is 0 Å². The van der Waals surface area contributed by atoms with E-state index in [9.17, 15) is 0 Å². The van der Waals surface area contributed by atoms with E-state index in [-0.39, 0.29) is 0 Å². The molecule has 0 fully saturated rings. The molecule has 2 rings (SSSR count). The quantitative estimate of drug-likeness (QED) is 0.877. The number of aryl methyl sites for hydroxylation is 1. The van der Waals surface area contributed by atoms with Crippen LogP contribution < -0.4 is 10.1 Å². The molecule has 0 radical (unpaired) electrons. The number of anilines is 1. The molecule has 0 amide bonds. The van der Waals surface area contributed by atoms with Gasteiger partial charge >= 0.3 is 0 Å². The molecule has 0 bridgehead atoms. The smallest absolute Gasteiger partial charge is 0.160 e. The van der Waals surface area contributed by atoms with Crippen LogP contribution in [0.15, 0.2) is 36.5 Å². The number of aromatic nitrogens is 1. The molecule has 0 aliphatic rings. The Hall–Kier alpha value is -2.07. The molecule has 0 atom stereocenters. The first-order valence-electron chi connectivity index (χ1n) is 6.55. The highest BCUT2D eigenvalue weighted by Crippen LogP contribution is 2.24. The Morgan fingerprint density at radius 3 is 2.60 bits per heavy atom. The first-order chi connectivity index (χ1) is 9.74. The van der Waals surface area contributed by atoms with Crippen LogP contribution in [0.3, 0.4) is 0 Å². The summed E-state index contributed by atoms with van der Waals surface area (Å²) in [5, 5.41) is 3.40. The number of hydrogen-bond donors (Lipinski definition) is 1. The SMILES string of the molecule is COCc1ccccc1CNc1cc(C)ncc1OC. The molecule has 0 spiro atoms. The van der Waals surface area contributed by atoms with Crippen molar-refractivity contribution in [3.63, 3.8) is 0 Å². The largest absolute Gasteiger partial charge is 0.493 e. The Kier molecular flexibility index (Phi) is 4.96. The van der Waals surface area contributed by atoms with Crippen molar-refractivity contribution in [1.29, 1.82) is 0 Å². The zero-order valence-electron chi connectivity index (χ0n) is 12.1. The molecule has 0 saturated heterocycles. The number of ether oxygens (including phenoxy) is 2. The van der Waals surface area contributed by atoms with E-state index in [2.05, 4.69) is 22.4 Å². The molecule has 0 aliphatic heterocycles. The molecule has 0 aliphatic carbocycles. The zero-order valence-corrected chi connectivity index (χ0v) is 12.1. The molecule has 4 nitrogen and oxygen atoms in total. The zero-order chi connectivity index (χ0) is 14.4. The normalized spacial score (nSPS) is 10.3. The van der Waals surface area contributed by atoms with Gasteiger partial charge in [-0.1, -0.05) is 24.3 Å². The van der Waals surface area contributed by atoms with Gasteiger partial charge in [0.25, 0.3) is 0 Å². The van der Waals surface area contributed by atoms with E-state index in [1.54, 1.807) is 20.4 Å². The Morgan fingerprint density at radius 2 is 1.90 bits per heavy atom. The molecular weight excluding hydrogens is 252 g/mol. The summed E-state index contributed by atoms with van der Waals surface area (Å²) in [5.41, 5.74) is 4.31. The van der Waals surface area contributed by atoms with Crippen molar-refractivity contribution in [3.05, 3.63) is 53.3 Å². The summed E-state index contributed by atoms with van der Waals surface area (Å²) in [5.74, 6) is 0.750. The van der Waals surface area contributed by atoms with Gasteiger partial charge in [0, 0.05) is 19.3 Å². The summed E-state index contributed by atoms with van der Waals surface area (Å²) in [6, 6.07) is 10.2. The molecular formula is C16H20N2O2. The van der Waals surface area contributed by atoms with Crippen LogP contribution >= 0.6 is 0 Å². The van der Waals surface area contributed by atoms with Crippen LogP contribution in [-0.2, 0) is 17.9 Å². The van der Waals surface area contributed by atoms with Crippen LogP contribution in [0.25, 0.3) is 0 Å². The second-order valence-electron chi connectivity index (χ2n) is 4.58. The number of hydrogen-bond acceptors (Lipinski definition) is 4. The van der Waals surface area contributed by atoms with Gasteiger partial charge in [0.05, 0.1) is 25.6 Å². The summed E-state index contributed by atoms with van der Waals surface area (Å²) in [7, 11) is 3.36. The van der Waals surface area contributed by atoms with Crippen molar-refractivity contribution in [3.8, 4) is 5.75 Å². The van der Waals surface area contributed by atoms with Gasteiger partial charge in [0.1, 0.15) is 0 Å². The van der Waals surface area contributed by atoms with Crippen molar-refractivity contribution in [2.75, 3.05) is 19.5 Å². The van der Waals surface area contributed by atoms with Crippen LogP contribution in [0.1, 0.15) is 16.8 Å². The van der Waals surface area contributed by atoms with Crippen molar-refractivity contribution < 1.29 is 9.47 Å². The maximum absolute atomic E-state index is 5.32. The minimum absolute atomic E-state index is 0.615. The van der Waals surface area contributed by atoms with Crippen molar-refractivity contribution in [1.82, 2.24) is 4.98 Å². The topological polar surface area (TPSA) is 43.4 Å². The summed E-state index contributed by atoms with van der Waals surface area (Å²) < 4.78 is 10.5. The van der Waals surface area contributed by atoms with Crippen molar-refractivity contribution in [2.45, 2.75) is 20.1 Å². The fraction of sp³-hybridized carbons (Fsp3) is 0.312. The number of pyridine rings is 1. The Labute approximate surface area is 119 Å². The molecule has 20 heavy (non-hydrogen) atoms. The van der Waals surface area contributed by atoms with E-state index in [1.165, 1.54) is 11.1 Å². The highest BCUT2D eigenvalue weighted by molar-refractivity contribution is 5.56. The third-order valence-corrected chi connectivity index (χ3v) is 3.11. The maximum atomic E-state index is 5.32. The van der Waals surface area contributed by atoms with E-state index in [4.69, 9.17) is 9.47 Å². The highest BCUT2D eigenvalue weighted by Gasteiger charge is 2.06. The summed E-state index contributed by atoms with van der Waals surface area (Å²) >= 11 is 0. The predicted molar refractivity (Wildman–Crippen MR) is 80.0 cm³/mol. The van der Waals surface area contributed by atoms with E-state index >= 15 is 0 Å². The number of benzene rings is 1. The average molecular weight is 272 g/mol. The third-order valence-electron chi connectivity index (χ3n) is 3.11. The fourth-order valence-electron chi connectivity index (χ4n) is 2.06. The van der Waals surface area contributed by atoms with Gasteiger partial charge < -0.3 is 14.8 Å². The van der Waals surface area contributed by atoms with Gasteiger partial charge in [-0.25, -0.2) is 0 Å². The van der Waals surface area contributed by atoms with Gasteiger partial charge in [-0.05, 0) is 24.1 Å². The van der Waals surface area contributed by atoms with Crippen molar-refractivity contribution >= 4 is 5.69 Å². The van der Waals surface area contributed by atoms with Crippen molar-refractivity contribution in [2.24, 2.45) is 0 Å². The summed E-state index contributed by atoms with van der Waals surface area (Å²) in [6.07, 6.45) is 1.73. The number of methoxy groups -OCH3 is 2. The highest BCUT2D eigenvalue weighted by atomic mass is 16.5. The number of nitrogens with zero attached hydrogens (tertiary/aromatic N) is 1. The first-order valence-corrected chi connectivity index (χ1v) is 6.55. The van der Waals surface area contributed by atoms with Gasteiger partial charge in [-0.3, -0.25) is 4.98 Å². The van der Waals surface area contributed by atoms with E-state index in [0.29, 0.717) is 6.61 Å². The summed E-state index contributed by atoms with van der Waals surface area (Å²) in [4.78, 5) is 4.23. The molecule has 4 heteroatoms. The van der Waals surface area contributed by atoms with Crippen LogP contribution in [0, 0.1) is 6.92 Å². The fourth-order valence-corrected chi connectivity index (χ4v) is 2.06. The lowest BCUT2D eigenvalue weighted by Gasteiger charge is -2.13. The van der Waals surface area contributed by atoms with E-state index < -0.39 is 0 Å². The molecule has 0 saturated carbocycles. The predicted octanol–water partition coefficient (Wildman–Crippen LogP) is 3.16. The Morgan fingerprint density at radius 1 is 1.15 bits per heavy atom. The third kappa shape index (κ3) is 3.48. The van der Waals surface area contributed by atoms with Gasteiger partial charge in [0.15, 0.2) is 5.75 Å². The average Bonchev–Trinajstić information content (AvgIpc) is 2.47. The molecule has 1 aromatic carbocycles. The van der Waals surface area contributed by atoms with Crippen LogP contribution in [0.5, 0.6) is 5.75 Å². The maximum Gasteiger partial charge on any atom is 0.160 e. The minimum atomic E-state index is 0.615.